The molecule has 0 bridgehead atoms. The highest BCUT2D eigenvalue weighted by Crippen LogP contribution is 2.16. The van der Waals surface area contributed by atoms with Crippen molar-refractivity contribution in [2.75, 3.05) is 26.2 Å². The first-order chi connectivity index (χ1) is 5.83. The van der Waals surface area contributed by atoms with E-state index in [4.69, 9.17) is 0 Å². The fourth-order valence-electron chi connectivity index (χ4n) is 1.91. The van der Waals surface area contributed by atoms with Crippen molar-refractivity contribution in [1.29, 1.82) is 0 Å². The molecule has 0 radical (unpaired) electrons. The van der Waals surface area contributed by atoms with Crippen LogP contribution in [0.1, 0.15) is 12.8 Å². The van der Waals surface area contributed by atoms with Gasteiger partial charge in [0.25, 0.3) is 0 Å². The van der Waals surface area contributed by atoms with Crippen molar-refractivity contribution in [2.24, 2.45) is 0 Å². The number of nitrogens with one attached hydrogen (secondary N) is 3. The summed E-state index contributed by atoms with van der Waals surface area (Å²) in [5.41, 5.74) is -0.295. The first-order valence-electron chi connectivity index (χ1n) is 4.58. The van der Waals surface area contributed by atoms with Crippen LogP contribution >= 0.6 is 0 Å². The summed E-state index contributed by atoms with van der Waals surface area (Å²) in [4.78, 5) is 11.5. The molecule has 2 saturated heterocycles. The molecule has 0 aromatic carbocycles. The molecule has 2 fully saturated rings. The van der Waals surface area contributed by atoms with Gasteiger partial charge in [0.05, 0.1) is 0 Å². The normalized spacial score (nSPS) is 36.5. The van der Waals surface area contributed by atoms with E-state index in [9.17, 15) is 4.79 Å². The lowest BCUT2D eigenvalue weighted by Crippen LogP contribution is -2.55. The molecule has 4 heteroatoms. The van der Waals surface area contributed by atoms with Crippen LogP contribution in [-0.2, 0) is 4.79 Å². The molecule has 4 nitrogen and oxygen atoms in total. The molecular weight excluding hydrogens is 154 g/mol. The number of rotatable bonds is 0. The van der Waals surface area contributed by atoms with E-state index in [0.29, 0.717) is 0 Å². The van der Waals surface area contributed by atoms with E-state index >= 15 is 0 Å². The summed E-state index contributed by atoms with van der Waals surface area (Å²) in [7, 11) is 0. The second-order valence-corrected chi connectivity index (χ2v) is 3.55. The Morgan fingerprint density at radius 2 is 2.17 bits per heavy atom. The summed E-state index contributed by atoms with van der Waals surface area (Å²) in [6.07, 6.45) is 2.02. The molecule has 0 aliphatic carbocycles. The summed E-state index contributed by atoms with van der Waals surface area (Å²) >= 11 is 0. The molecule has 0 aromatic heterocycles. The average molecular weight is 169 g/mol. The Morgan fingerprint density at radius 1 is 1.25 bits per heavy atom. The van der Waals surface area contributed by atoms with E-state index in [-0.39, 0.29) is 11.4 Å². The Balaban J connectivity index is 2.11. The lowest BCUT2D eigenvalue weighted by atomic mass is 9.98. The monoisotopic (exact) mass is 169 g/mol. The molecule has 2 rings (SSSR count). The first-order valence-corrected chi connectivity index (χ1v) is 4.58. The van der Waals surface area contributed by atoms with Gasteiger partial charge < -0.3 is 16.0 Å². The van der Waals surface area contributed by atoms with Gasteiger partial charge in [-0.2, -0.15) is 0 Å². The molecule has 2 aliphatic heterocycles. The van der Waals surface area contributed by atoms with Gasteiger partial charge >= 0.3 is 0 Å². The van der Waals surface area contributed by atoms with Gasteiger partial charge in [-0.15, -0.1) is 0 Å². The predicted molar refractivity (Wildman–Crippen MR) is 45.8 cm³/mol. The third kappa shape index (κ3) is 1.21. The van der Waals surface area contributed by atoms with Crippen LogP contribution in [0.3, 0.4) is 0 Å². The first kappa shape index (κ1) is 8.01. The molecule has 3 N–H and O–H groups in total. The minimum absolute atomic E-state index is 0.164. The van der Waals surface area contributed by atoms with E-state index in [0.717, 1.165) is 39.0 Å². The second kappa shape index (κ2) is 3.03. The molecule has 0 aromatic rings. The molecular formula is C8H15N3O. The van der Waals surface area contributed by atoms with Crippen LogP contribution < -0.4 is 16.0 Å². The van der Waals surface area contributed by atoms with Crippen molar-refractivity contribution in [3.63, 3.8) is 0 Å². The van der Waals surface area contributed by atoms with E-state index in [1.165, 1.54) is 0 Å². The summed E-state index contributed by atoms with van der Waals surface area (Å²) in [6.45, 7) is 3.55. The van der Waals surface area contributed by atoms with Gasteiger partial charge in [0.15, 0.2) is 0 Å². The highest BCUT2D eigenvalue weighted by Gasteiger charge is 2.41. The molecule has 0 saturated carbocycles. The highest BCUT2D eigenvalue weighted by atomic mass is 16.2. The molecule has 12 heavy (non-hydrogen) atoms. The van der Waals surface area contributed by atoms with Crippen LogP contribution in [0.25, 0.3) is 0 Å². The summed E-state index contributed by atoms with van der Waals surface area (Å²) < 4.78 is 0. The fourth-order valence-corrected chi connectivity index (χ4v) is 1.91. The van der Waals surface area contributed by atoms with Crippen molar-refractivity contribution < 1.29 is 4.79 Å². The highest BCUT2D eigenvalue weighted by molar-refractivity contribution is 5.88. The van der Waals surface area contributed by atoms with Crippen molar-refractivity contribution in [3.05, 3.63) is 0 Å². The molecule has 1 amide bonds. The van der Waals surface area contributed by atoms with E-state index in [2.05, 4.69) is 16.0 Å². The van der Waals surface area contributed by atoms with E-state index in [1.807, 2.05) is 0 Å². The quantitative estimate of drug-likeness (QED) is 0.428. The zero-order chi connectivity index (χ0) is 8.44. The van der Waals surface area contributed by atoms with Crippen LogP contribution in [0.2, 0.25) is 0 Å². The zero-order valence-corrected chi connectivity index (χ0v) is 7.15. The van der Waals surface area contributed by atoms with Gasteiger partial charge in [-0.1, -0.05) is 0 Å². The van der Waals surface area contributed by atoms with Crippen LogP contribution in [-0.4, -0.2) is 37.6 Å². The van der Waals surface area contributed by atoms with Crippen LogP contribution in [0.5, 0.6) is 0 Å². The Kier molecular flexibility index (Phi) is 2.02. The maximum absolute atomic E-state index is 11.5. The molecule has 1 atom stereocenters. The third-order valence-corrected chi connectivity index (χ3v) is 2.69. The smallest absolute Gasteiger partial charge is 0.241 e. The van der Waals surface area contributed by atoms with Gasteiger partial charge in [-0.25, -0.2) is 0 Å². The molecule has 2 aliphatic rings. The standard InChI is InChI=1S/C8H15N3O/c12-7-8(2-5-10-7)6-9-3-1-4-11-8/h9,11H,1-6H2,(H,10,12). The number of hydrogen-bond donors (Lipinski definition) is 3. The topological polar surface area (TPSA) is 53.2 Å². The third-order valence-electron chi connectivity index (χ3n) is 2.69. The lowest BCUT2D eigenvalue weighted by molar-refractivity contribution is -0.124. The fraction of sp³-hybridized carbons (Fsp3) is 0.875. The maximum atomic E-state index is 11.5. The number of hydrogen-bond acceptors (Lipinski definition) is 3. The van der Waals surface area contributed by atoms with Gasteiger partial charge in [0, 0.05) is 13.1 Å². The largest absolute Gasteiger partial charge is 0.354 e. The van der Waals surface area contributed by atoms with Gasteiger partial charge in [0.1, 0.15) is 5.54 Å². The van der Waals surface area contributed by atoms with Gasteiger partial charge in [-0.05, 0) is 25.9 Å². The predicted octanol–water partition coefficient (Wildman–Crippen LogP) is -1.17. The average Bonchev–Trinajstić information content (AvgIpc) is 2.33. The lowest BCUT2D eigenvalue weighted by Gasteiger charge is -2.24. The van der Waals surface area contributed by atoms with Crippen LogP contribution in [0.4, 0.5) is 0 Å². The van der Waals surface area contributed by atoms with Crippen molar-refractivity contribution in [1.82, 2.24) is 16.0 Å². The van der Waals surface area contributed by atoms with Gasteiger partial charge in [0.2, 0.25) is 5.91 Å². The number of amides is 1. The Labute approximate surface area is 72.1 Å². The molecule has 1 unspecified atom stereocenters. The summed E-state index contributed by atoms with van der Waals surface area (Å²) in [5, 5.41) is 9.49. The number of carbonyl (C=O) groups excluding carboxylic acids is 1. The maximum Gasteiger partial charge on any atom is 0.241 e. The SMILES string of the molecule is O=C1NCCC12CNCCCN2. The Bertz CT molecular complexity index is 185. The van der Waals surface area contributed by atoms with Crippen molar-refractivity contribution >= 4 is 5.91 Å². The van der Waals surface area contributed by atoms with Crippen molar-refractivity contribution in [3.8, 4) is 0 Å². The summed E-state index contributed by atoms with van der Waals surface area (Å²) in [6, 6.07) is 0. The second-order valence-electron chi connectivity index (χ2n) is 3.55. The van der Waals surface area contributed by atoms with Crippen molar-refractivity contribution in [2.45, 2.75) is 18.4 Å². The van der Waals surface area contributed by atoms with Crippen LogP contribution in [0, 0.1) is 0 Å². The van der Waals surface area contributed by atoms with E-state index in [1.54, 1.807) is 0 Å². The minimum atomic E-state index is -0.295. The summed E-state index contributed by atoms with van der Waals surface area (Å²) in [5.74, 6) is 0.164. The van der Waals surface area contributed by atoms with Crippen LogP contribution in [0.15, 0.2) is 0 Å². The zero-order valence-electron chi connectivity index (χ0n) is 7.15. The minimum Gasteiger partial charge on any atom is -0.354 e. The molecule has 1 spiro atoms. The molecule has 2 heterocycles. The Morgan fingerprint density at radius 3 is 2.92 bits per heavy atom. The molecule has 68 valence electrons. The van der Waals surface area contributed by atoms with Gasteiger partial charge in [-0.3, -0.25) is 4.79 Å². The Hall–Kier alpha value is -0.610. The van der Waals surface area contributed by atoms with E-state index < -0.39 is 0 Å². The number of carbonyl (C=O) groups is 1.